The van der Waals surface area contributed by atoms with Crippen LogP contribution in [0.5, 0.6) is 0 Å². The number of hydrogen-bond acceptors (Lipinski definition) is 3. The summed E-state index contributed by atoms with van der Waals surface area (Å²) >= 11 is 0. The largest absolute Gasteiger partial charge is 0.369 e. The molecule has 0 radical (unpaired) electrons. The molecule has 0 bridgehead atoms. The summed E-state index contributed by atoms with van der Waals surface area (Å²) in [7, 11) is 0. The first-order valence-electron chi connectivity index (χ1n) is 10.3. The Morgan fingerprint density at radius 1 is 0.931 bits per heavy atom. The maximum absolute atomic E-state index is 12.8. The van der Waals surface area contributed by atoms with Crippen LogP contribution in [-0.2, 0) is 16.0 Å². The Morgan fingerprint density at radius 3 is 2.07 bits per heavy atom. The van der Waals surface area contributed by atoms with Crippen molar-refractivity contribution in [2.24, 2.45) is 5.92 Å². The summed E-state index contributed by atoms with van der Waals surface area (Å²) in [5, 5.41) is 5.81. The van der Waals surface area contributed by atoms with Crippen LogP contribution in [0.1, 0.15) is 40.2 Å². The second kappa shape index (κ2) is 10.6. The van der Waals surface area contributed by atoms with E-state index >= 15 is 0 Å². The second-order valence-electron chi connectivity index (χ2n) is 7.87. The van der Waals surface area contributed by atoms with Gasteiger partial charge in [-0.1, -0.05) is 44.2 Å². The van der Waals surface area contributed by atoms with Gasteiger partial charge < -0.3 is 15.5 Å². The molecule has 29 heavy (non-hydrogen) atoms. The van der Waals surface area contributed by atoms with Gasteiger partial charge >= 0.3 is 0 Å². The Labute approximate surface area is 174 Å². The predicted octanol–water partition coefficient (Wildman–Crippen LogP) is 4.24. The molecule has 2 aromatic rings. The van der Waals surface area contributed by atoms with Crippen LogP contribution in [0.4, 0.5) is 11.4 Å². The lowest BCUT2D eigenvalue weighted by Gasteiger charge is -2.27. The molecule has 2 amide bonds. The molecule has 0 aliphatic carbocycles. The van der Waals surface area contributed by atoms with Crippen LogP contribution in [0.25, 0.3) is 0 Å². The topological polar surface area (TPSA) is 61.4 Å². The molecule has 0 aliphatic rings. The zero-order valence-electron chi connectivity index (χ0n) is 18.1. The van der Waals surface area contributed by atoms with Crippen molar-refractivity contribution in [3.63, 3.8) is 0 Å². The van der Waals surface area contributed by atoms with E-state index in [1.54, 1.807) is 0 Å². The fourth-order valence-electron chi connectivity index (χ4n) is 3.34. The molecule has 0 spiro atoms. The standard InChI is InChI=1S/C24H33N3O2/c1-6-27(18(4)5)21-14-12-20(13-15-21)25-24(29)23(17(2)3)26-22(28)16-19-10-8-7-9-11-19/h7-15,17-18,23H,6,16H2,1-5H3,(H,25,29)(H,26,28)/t23-/m1/s1. The molecule has 1 atom stereocenters. The van der Waals surface area contributed by atoms with E-state index in [0.717, 1.165) is 23.5 Å². The third kappa shape index (κ3) is 6.63. The molecule has 5 heteroatoms. The van der Waals surface area contributed by atoms with Crippen LogP contribution in [-0.4, -0.2) is 30.4 Å². The van der Waals surface area contributed by atoms with Crippen molar-refractivity contribution in [2.75, 3.05) is 16.8 Å². The molecule has 156 valence electrons. The van der Waals surface area contributed by atoms with Crippen molar-refractivity contribution in [3.8, 4) is 0 Å². The summed E-state index contributed by atoms with van der Waals surface area (Å²) in [6.45, 7) is 11.2. The second-order valence-corrected chi connectivity index (χ2v) is 7.87. The van der Waals surface area contributed by atoms with Crippen molar-refractivity contribution in [3.05, 3.63) is 60.2 Å². The van der Waals surface area contributed by atoms with Crippen LogP contribution in [0.2, 0.25) is 0 Å². The Bertz CT molecular complexity index is 786. The number of benzene rings is 2. The fraction of sp³-hybridized carbons (Fsp3) is 0.417. The molecular formula is C24H33N3O2. The van der Waals surface area contributed by atoms with E-state index in [2.05, 4.69) is 36.3 Å². The lowest BCUT2D eigenvalue weighted by atomic mass is 10.0. The van der Waals surface area contributed by atoms with Gasteiger partial charge in [0.05, 0.1) is 6.42 Å². The first-order chi connectivity index (χ1) is 13.8. The number of amides is 2. The van der Waals surface area contributed by atoms with Crippen molar-refractivity contribution in [2.45, 2.75) is 53.1 Å². The predicted molar refractivity (Wildman–Crippen MR) is 120 cm³/mol. The van der Waals surface area contributed by atoms with E-state index in [4.69, 9.17) is 0 Å². The Morgan fingerprint density at radius 2 is 1.55 bits per heavy atom. The minimum Gasteiger partial charge on any atom is -0.369 e. The van der Waals surface area contributed by atoms with E-state index in [0.29, 0.717) is 6.04 Å². The first kappa shape index (κ1) is 22.5. The number of rotatable bonds is 9. The minimum absolute atomic E-state index is 0.0227. The van der Waals surface area contributed by atoms with Gasteiger partial charge in [0.1, 0.15) is 6.04 Å². The summed E-state index contributed by atoms with van der Waals surface area (Å²) in [6, 6.07) is 17.2. The van der Waals surface area contributed by atoms with Crippen molar-refractivity contribution >= 4 is 23.2 Å². The average Bonchev–Trinajstić information content (AvgIpc) is 2.68. The zero-order chi connectivity index (χ0) is 21.4. The summed E-state index contributed by atoms with van der Waals surface area (Å²) in [5.74, 6) is -0.383. The third-order valence-electron chi connectivity index (χ3n) is 4.90. The normalized spacial score (nSPS) is 12.0. The smallest absolute Gasteiger partial charge is 0.247 e. The summed E-state index contributed by atoms with van der Waals surface area (Å²) in [5.41, 5.74) is 2.77. The highest BCUT2D eigenvalue weighted by Crippen LogP contribution is 2.20. The quantitative estimate of drug-likeness (QED) is 0.667. The lowest BCUT2D eigenvalue weighted by Crippen LogP contribution is -2.47. The zero-order valence-corrected chi connectivity index (χ0v) is 18.1. The van der Waals surface area contributed by atoms with Gasteiger partial charge in [-0.2, -0.15) is 0 Å². The minimum atomic E-state index is -0.589. The summed E-state index contributed by atoms with van der Waals surface area (Å²) < 4.78 is 0. The number of carbonyl (C=O) groups excluding carboxylic acids is 2. The van der Waals surface area contributed by atoms with E-state index in [-0.39, 0.29) is 24.2 Å². The van der Waals surface area contributed by atoms with Gasteiger partial charge in [-0.05, 0) is 56.5 Å². The highest BCUT2D eigenvalue weighted by Gasteiger charge is 2.24. The van der Waals surface area contributed by atoms with Crippen molar-refractivity contribution in [1.29, 1.82) is 0 Å². The molecule has 2 rings (SSSR count). The van der Waals surface area contributed by atoms with E-state index < -0.39 is 6.04 Å². The summed E-state index contributed by atoms with van der Waals surface area (Å²) in [6.07, 6.45) is 0.258. The Kier molecular flexibility index (Phi) is 8.25. The Balaban J connectivity index is 2.01. The van der Waals surface area contributed by atoms with Gasteiger partial charge in [0.2, 0.25) is 11.8 Å². The molecule has 0 unspecified atom stereocenters. The van der Waals surface area contributed by atoms with Gasteiger partial charge in [0.25, 0.3) is 0 Å². The van der Waals surface area contributed by atoms with Crippen molar-refractivity contribution < 1.29 is 9.59 Å². The van der Waals surface area contributed by atoms with Crippen molar-refractivity contribution in [1.82, 2.24) is 5.32 Å². The molecule has 0 heterocycles. The molecule has 0 aliphatic heterocycles. The van der Waals surface area contributed by atoms with Gasteiger partial charge in [0, 0.05) is 24.0 Å². The SMILES string of the molecule is CCN(c1ccc(NC(=O)[C@H](NC(=O)Cc2ccccc2)C(C)C)cc1)C(C)C. The monoisotopic (exact) mass is 395 g/mol. The highest BCUT2D eigenvalue weighted by atomic mass is 16.2. The van der Waals surface area contributed by atoms with Gasteiger partial charge in [-0.15, -0.1) is 0 Å². The lowest BCUT2D eigenvalue weighted by molar-refractivity contribution is -0.127. The van der Waals surface area contributed by atoms with E-state index in [9.17, 15) is 9.59 Å². The molecule has 0 fully saturated rings. The first-order valence-corrected chi connectivity index (χ1v) is 10.3. The number of carbonyl (C=O) groups is 2. The molecule has 2 N–H and O–H groups in total. The molecule has 0 saturated carbocycles. The van der Waals surface area contributed by atoms with Gasteiger partial charge in [-0.3, -0.25) is 9.59 Å². The molecule has 5 nitrogen and oxygen atoms in total. The molecular weight excluding hydrogens is 362 g/mol. The van der Waals surface area contributed by atoms with Crippen LogP contribution in [0, 0.1) is 5.92 Å². The highest BCUT2D eigenvalue weighted by molar-refractivity contribution is 5.97. The Hall–Kier alpha value is -2.82. The molecule has 0 aromatic heterocycles. The molecule has 0 saturated heterocycles. The fourth-order valence-corrected chi connectivity index (χ4v) is 3.34. The summed E-state index contributed by atoms with van der Waals surface area (Å²) in [4.78, 5) is 27.5. The number of nitrogens with one attached hydrogen (secondary N) is 2. The van der Waals surface area contributed by atoms with Gasteiger partial charge in [-0.25, -0.2) is 0 Å². The number of hydrogen-bond donors (Lipinski definition) is 2. The third-order valence-corrected chi connectivity index (χ3v) is 4.90. The number of anilines is 2. The maximum atomic E-state index is 12.8. The van der Waals surface area contributed by atoms with Gasteiger partial charge in [0.15, 0.2) is 0 Å². The van der Waals surface area contributed by atoms with Crippen LogP contribution < -0.4 is 15.5 Å². The average molecular weight is 396 g/mol. The maximum Gasteiger partial charge on any atom is 0.247 e. The van der Waals surface area contributed by atoms with E-state index in [1.165, 1.54) is 0 Å². The van der Waals surface area contributed by atoms with Crippen LogP contribution in [0.3, 0.4) is 0 Å². The molecule has 2 aromatic carbocycles. The van der Waals surface area contributed by atoms with Crippen LogP contribution >= 0.6 is 0 Å². The number of nitrogens with zero attached hydrogens (tertiary/aromatic N) is 1. The van der Waals surface area contributed by atoms with E-state index in [1.807, 2.05) is 68.4 Å². The van der Waals surface area contributed by atoms with Crippen LogP contribution in [0.15, 0.2) is 54.6 Å².